The van der Waals surface area contributed by atoms with Crippen LogP contribution >= 0.6 is 0 Å². The molecule has 64 valence electrons. The van der Waals surface area contributed by atoms with Gasteiger partial charge in [0.1, 0.15) is 5.75 Å². The van der Waals surface area contributed by atoms with Gasteiger partial charge in [0.15, 0.2) is 0 Å². The average Bonchev–Trinajstić information content (AvgIpc) is 2.04. The Morgan fingerprint density at radius 1 is 1.50 bits per heavy atom. The van der Waals surface area contributed by atoms with Crippen LogP contribution in [0.25, 0.3) is 0 Å². The van der Waals surface area contributed by atoms with E-state index in [9.17, 15) is 4.79 Å². The van der Waals surface area contributed by atoms with Crippen molar-refractivity contribution in [1.82, 2.24) is 0 Å². The first kappa shape index (κ1) is 8.35. The molecule has 0 saturated carbocycles. The molecule has 0 spiro atoms. The van der Waals surface area contributed by atoms with E-state index in [1.807, 2.05) is 0 Å². The van der Waals surface area contributed by atoms with Gasteiger partial charge < -0.3 is 15.6 Å². The number of phenolic OH excluding ortho intramolecular Hbond substituents is 1. The summed E-state index contributed by atoms with van der Waals surface area (Å²) in [5, 5.41) is 17.6. The van der Waals surface area contributed by atoms with Crippen molar-refractivity contribution < 1.29 is 15.0 Å². The van der Waals surface area contributed by atoms with Gasteiger partial charge in [-0.05, 0) is 18.2 Å². The summed E-state index contributed by atoms with van der Waals surface area (Å²) in [5.41, 5.74) is 2.53. The molecular weight excluding hydrogens is 160 g/mol. The van der Waals surface area contributed by atoms with E-state index in [0.717, 1.165) is 6.07 Å². The van der Waals surface area contributed by atoms with E-state index in [1.165, 1.54) is 12.1 Å². The quantitative estimate of drug-likeness (QED) is 0.291. The number of carboxylic acids is 1. The lowest BCUT2D eigenvalue weighted by molar-refractivity contribution is 0.0696. The standard InChI is InChI=1S/C7H8N2O3/c8-9-5-2-1-4(7(11)12)3-6(5)10/h1-3,9-10H,8H2,(H,11,12). The van der Waals surface area contributed by atoms with Gasteiger partial charge in [0.2, 0.25) is 0 Å². The minimum atomic E-state index is -1.09. The van der Waals surface area contributed by atoms with Gasteiger partial charge in [-0.1, -0.05) is 0 Å². The Bertz CT molecular complexity index is 312. The molecule has 0 heterocycles. The first-order chi connectivity index (χ1) is 5.65. The maximum atomic E-state index is 10.4. The molecule has 1 rings (SSSR count). The van der Waals surface area contributed by atoms with Crippen LogP contribution in [-0.4, -0.2) is 16.2 Å². The maximum Gasteiger partial charge on any atom is 0.335 e. The smallest absolute Gasteiger partial charge is 0.335 e. The molecule has 5 heteroatoms. The number of hydrazine groups is 1. The van der Waals surface area contributed by atoms with Crippen molar-refractivity contribution in [1.29, 1.82) is 0 Å². The number of hydrogen-bond donors (Lipinski definition) is 4. The summed E-state index contributed by atoms with van der Waals surface area (Å²) in [6.07, 6.45) is 0. The van der Waals surface area contributed by atoms with E-state index in [2.05, 4.69) is 5.43 Å². The molecule has 0 unspecified atom stereocenters. The van der Waals surface area contributed by atoms with Crippen molar-refractivity contribution in [2.75, 3.05) is 5.43 Å². The zero-order valence-electron chi connectivity index (χ0n) is 6.11. The molecule has 0 aliphatic heterocycles. The molecule has 0 aliphatic carbocycles. The van der Waals surface area contributed by atoms with Crippen LogP contribution in [0.2, 0.25) is 0 Å². The van der Waals surface area contributed by atoms with Crippen molar-refractivity contribution in [3.05, 3.63) is 23.8 Å². The summed E-state index contributed by atoms with van der Waals surface area (Å²) >= 11 is 0. The number of hydrogen-bond acceptors (Lipinski definition) is 4. The van der Waals surface area contributed by atoms with Gasteiger partial charge in [0, 0.05) is 0 Å². The van der Waals surface area contributed by atoms with Crippen LogP contribution in [0.15, 0.2) is 18.2 Å². The number of aromatic hydroxyl groups is 1. The molecule has 5 nitrogen and oxygen atoms in total. The van der Waals surface area contributed by atoms with Gasteiger partial charge in [-0.3, -0.25) is 5.84 Å². The molecule has 0 amide bonds. The maximum absolute atomic E-state index is 10.4. The third-order valence-corrected chi connectivity index (χ3v) is 1.40. The fraction of sp³-hybridized carbons (Fsp3) is 0. The third kappa shape index (κ3) is 1.46. The minimum Gasteiger partial charge on any atom is -0.506 e. The molecule has 1 aromatic carbocycles. The monoisotopic (exact) mass is 168 g/mol. The Kier molecular flexibility index (Phi) is 2.16. The second-order valence-corrected chi connectivity index (χ2v) is 2.18. The number of nitrogens with one attached hydrogen (secondary N) is 1. The number of aromatic carboxylic acids is 1. The Morgan fingerprint density at radius 3 is 2.58 bits per heavy atom. The largest absolute Gasteiger partial charge is 0.506 e. The van der Waals surface area contributed by atoms with Crippen LogP contribution in [0.1, 0.15) is 10.4 Å². The first-order valence-electron chi connectivity index (χ1n) is 3.18. The van der Waals surface area contributed by atoms with Crippen molar-refractivity contribution in [2.45, 2.75) is 0 Å². The number of phenols is 1. The summed E-state index contributed by atoms with van der Waals surface area (Å²) in [7, 11) is 0. The molecule has 0 fully saturated rings. The van der Waals surface area contributed by atoms with E-state index >= 15 is 0 Å². The van der Waals surface area contributed by atoms with Crippen LogP contribution < -0.4 is 11.3 Å². The number of rotatable bonds is 2. The summed E-state index contributed by atoms with van der Waals surface area (Å²) in [5.74, 6) is 3.75. The predicted octanol–water partition coefficient (Wildman–Crippen LogP) is 0.376. The number of nitrogen functional groups attached to an aromatic ring is 1. The number of carboxylic acid groups (broad SMARTS) is 1. The summed E-state index contributed by atoms with van der Waals surface area (Å²) in [4.78, 5) is 10.4. The van der Waals surface area contributed by atoms with Crippen LogP contribution in [0, 0.1) is 0 Å². The summed E-state index contributed by atoms with van der Waals surface area (Å²) in [6, 6.07) is 3.85. The van der Waals surface area contributed by atoms with Crippen molar-refractivity contribution in [3.8, 4) is 5.75 Å². The van der Waals surface area contributed by atoms with Crippen molar-refractivity contribution in [3.63, 3.8) is 0 Å². The van der Waals surface area contributed by atoms with E-state index in [-0.39, 0.29) is 11.3 Å². The summed E-state index contributed by atoms with van der Waals surface area (Å²) in [6.45, 7) is 0. The molecule has 0 aliphatic rings. The normalized spacial score (nSPS) is 9.42. The van der Waals surface area contributed by atoms with Crippen molar-refractivity contribution >= 4 is 11.7 Å². The molecule has 0 atom stereocenters. The van der Waals surface area contributed by atoms with Gasteiger partial charge in [-0.2, -0.15) is 0 Å². The van der Waals surface area contributed by atoms with E-state index in [4.69, 9.17) is 16.1 Å². The number of carbonyl (C=O) groups is 1. The Labute approximate surface area is 68.4 Å². The number of nitrogens with two attached hydrogens (primary N) is 1. The van der Waals surface area contributed by atoms with E-state index < -0.39 is 5.97 Å². The molecule has 1 aromatic rings. The Morgan fingerprint density at radius 2 is 2.17 bits per heavy atom. The molecule has 0 radical (unpaired) electrons. The van der Waals surface area contributed by atoms with Gasteiger partial charge in [-0.25, -0.2) is 4.79 Å². The fourth-order valence-electron chi connectivity index (χ4n) is 0.787. The van der Waals surface area contributed by atoms with Gasteiger partial charge in [0.05, 0.1) is 11.3 Å². The number of anilines is 1. The highest BCUT2D eigenvalue weighted by atomic mass is 16.4. The minimum absolute atomic E-state index is 0.0199. The SMILES string of the molecule is NNc1ccc(C(=O)O)cc1O. The number of benzene rings is 1. The highest BCUT2D eigenvalue weighted by molar-refractivity contribution is 5.89. The molecule has 0 aromatic heterocycles. The topological polar surface area (TPSA) is 95.6 Å². The lowest BCUT2D eigenvalue weighted by atomic mass is 10.2. The van der Waals surface area contributed by atoms with Gasteiger partial charge >= 0.3 is 5.97 Å². The molecule has 0 bridgehead atoms. The molecule has 0 saturated heterocycles. The summed E-state index contributed by atoms with van der Waals surface area (Å²) < 4.78 is 0. The predicted molar refractivity (Wildman–Crippen MR) is 42.9 cm³/mol. The lowest BCUT2D eigenvalue weighted by Crippen LogP contribution is -2.07. The zero-order chi connectivity index (χ0) is 9.14. The van der Waals surface area contributed by atoms with E-state index in [1.54, 1.807) is 0 Å². The second kappa shape index (κ2) is 3.10. The molecular formula is C7H8N2O3. The highest BCUT2D eigenvalue weighted by Gasteiger charge is 2.05. The highest BCUT2D eigenvalue weighted by Crippen LogP contribution is 2.22. The lowest BCUT2D eigenvalue weighted by Gasteiger charge is -2.03. The van der Waals surface area contributed by atoms with E-state index in [0.29, 0.717) is 5.69 Å². The average molecular weight is 168 g/mol. The van der Waals surface area contributed by atoms with Crippen LogP contribution in [0.4, 0.5) is 5.69 Å². The van der Waals surface area contributed by atoms with Crippen LogP contribution in [0.3, 0.4) is 0 Å². The van der Waals surface area contributed by atoms with Crippen LogP contribution in [-0.2, 0) is 0 Å². The van der Waals surface area contributed by atoms with Gasteiger partial charge in [-0.15, -0.1) is 0 Å². The van der Waals surface area contributed by atoms with Gasteiger partial charge in [0.25, 0.3) is 0 Å². The Hall–Kier alpha value is -1.75. The fourth-order valence-corrected chi connectivity index (χ4v) is 0.787. The molecule has 5 N–H and O–H groups in total. The molecule has 12 heavy (non-hydrogen) atoms. The van der Waals surface area contributed by atoms with Crippen LogP contribution in [0.5, 0.6) is 5.75 Å². The third-order valence-electron chi connectivity index (χ3n) is 1.40. The zero-order valence-corrected chi connectivity index (χ0v) is 6.11. The second-order valence-electron chi connectivity index (χ2n) is 2.18. The van der Waals surface area contributed by atoms with Crippen molar-refractivity contribution in [2.24, 2.45) is 5.84 Å². The Balaban J connectivity index is 3.10. The first-order valence-corrected chi connectivity index (χ1v) is 3.18.